The van der Waals surface area contributed by atoms with E-state index in [-0.39, 0.29) is 5.92 Å². The minimum atomic E-state index is -0.162. The van der Waals surface area contributed by atoms with Crippen molar-refractivity contribution in [3.63, 3.8) is 0 Å². The van der Waals surface area contributed by atoms with Gasteiger partial charge in [0.25, 0.3) is 0 Å². The van der Waals surface area contributed by atoms with E-state index in [1.54, 1.807) is 0 Å². The smallest absolute Gasteiger partial charge is 0.0753 e. The van der Waals surface area contributed by atoms with Crippen LogP contribution in [0.2, 0.25) is 5.02 Å². The van der Waals surface area contributed by atoms with Crippen molar-refractivity contribution in [1.29, 1.82) is 5.26 Å². The first-order valence-corrected chi connectivity index (χ1v) is 6.75. The number of halogens is 2. The van der Waals surface area contributed by atoms with Crippen molar-refractivity contribution in [3.05, 3.63) is 69.2 Å². The molecule has 0 N–H and O–H groups in total. The van der Waals surface area contributed by atoms with E-state index in [4.69, 9.17) is 11.6 Å². The van der Waals surface area contributed by atoms with Crippen LogP contribution >= 0.6 is 27.5 Å². The molecule has 2 aromatic carbocycles. The van der Waals surface area contributed by atoms with Gasteiger partial charge in [-0.25, -0.2) is 0 Å². The second-order valence-electron chi connectivity index (χ2n) is 4.07. The number of hydrogen-bond acceptors (Lipinski definition) is 1. The van der Waals surface area contributed by atoms with Gasteiger partial charge in [-0.1, -0.05) is 51.8 Å². The van der Waals surface area contributed by atoms with Gasteiger partial charge in [0.05, 0.1) is 12.0 Å². The Morgan fingerprint density at radius 3 is 2.50 bits per heavy atom. The van der Waals surface area contributed by atoms with Gasteiger partial charge in [0, 0.05) is 9.50 Å². The molecule has 0 radical (unpaired) electrons. The maximum absolute atomic E-state index is 9.28. The molecule has 1 unspecified atom stereocenters. The van der Waals surface area contributed by atoms with E-state index in [0.29, 0.717) is 11.4 Å². The van der Waals surface area contributed by atoms with Crippen LogP contribution in [-0.4, -0.2) is 0 Å². The summed E-state index contributed by atoms with van der Waals surface area (Å²) in [7, 11) is 0. The standard InChI is InChI=1S/C15H11BrClN/c16-14-6-4-11(5-7-14)8-13(10-18)12-2-1-3-15(17)9-12/h1-7,9,13H,8H2. The van der Waals surface area contributed by atoms with Crippen molar-refractivity contribution in [2.45, 2.75) is 12.3 Å². The van der Waals surface area contributed by atoms with E-state index >= 15 is 0 Å². The molecule has 1 atom stereocenters. The van der Waals surface area contributed by atoms with Gasteiger partial charge in [0.1, 0.15) is 0 Å². The van der Waals surface area contributed by atoms with Crippen molar-refractivity contribution in [2.24, 2.45) is 0 Å². The minimum absolute atomic E-state index is 0.162. The Bertz CT molecular complexity index is 572. The van der Waals surface area contributed by atoms with Crippen LogP contribution in [0.4, 0.5) is 0 Å². The Hall–Kier alpha value is -1.30. The number of nitrogens with zero attached hydrogens (tertiary/aromatic N) is 1. The number of hydrogen-bond donors (Lipinski definition) is 0. The first-order valence-electron chi connectivity index (χ1n) is 5.58. The molecule has 0 heterocycles. The summed E-state index contributed by atoms with van der Waals surface area (Å²) in [5.74, 6) is -0.162. The number of rotatable bonds is 3. The van der Waals surface area contributed by atoms with E-state index in [0.717, 1.165) is 15.6 Å². The van der Waals surface area contributed by atoms with Gasteiger partial charge in [-0.15, -0.1) is 0 Å². The molecule has 2 aromatic rings. The van der Waals surface area contributed by atoms with E-state index in [2.05, 4.69) is 22.0 Å². The zero-order valence-electron chi connectivity index (χ0n) is 9.61. The summed E-state index contributed by atoms with van der Waals surface area (Å²) in [6, 6.07) is 17.9. The van der Waals surface area contributed by atoms with E-state index in [9.17, 15) is 5.26 Å². The lowest BCUT2D eigenvalue weighted by atomic mass is 9.93. The highest BCUT2D eigenvalue weighted by atomic mass is 79.9. The lowest BCUT2D eigenvalue weighted by Crippen LogP contribution is -2.00. The Morgan fingerprint density at radius 1 is 1.17 bits per heavy atom. The van der Waals surface area contributed by atoms with Crippen LogP contribution in [0.1, 0.15) is 17.0 Å². The van der Waals surface area contributed by atoms with Crippen molar-refractivity contribution in [2.75, 3.05) is 0 Å². The fraction of sp³-hybridized carbons (Fsp3) is 0.133. The van der Waals surface area contributed by atoms with Crippen molar-refractivity contribution < 1.29 is 0 Å². The molecule has 0 aliphatic heterocycles. The topological polar surface area (TPSA) is 23.8 Å². The van der Waals surface area contributed by atoms with Crippen molar-refractivity contribution in [1.82, 2.24) is 0 Å². The van der Waals surface area contributed by atoms with Gasteiger partial charge in [-0.2, -0.15) is 5.26 Å². The molecule has 2 rings (SSSR count). The monoisotopic (exact) mass is 319 g/mol. The summed E-state index contributed by atoms with van der Waals surface area (Å²) in [5, 5.41) is 9.95. The average Bonchev–Trinajstić information content (AvgIpc) is 2.38. The second kappa shape index (κ2) is 6.04. The van der Waals surface area contributed by atoms with Gasteiger partial charge in [-0.05, 0) is 41.8 Å². The number of nitriles is 1. The third-order valence-corrected chi connectivity index (χ3v) is 3.52. The minimum Gasteiger partial charge on any atom is -0.198 e. The van der Waals surface area contributed by atoms with Crippen LogP contribution in [0.3, 0.4) is 0 Å². The molecule has 0 bridgehead atoms. The fourth-order valence-corrected chi connectivity index (χ4v) is 2.28. The Balaban J connectivity index is 2.20. The van der Waals surface area contributed by atoms with Crippen LogP contribution in [0.25, 0.3) is 0 Å². The quantitative estimate of drug-likeness (QED) is 0.784. The summed E-state index contributed by atoms with van der Waals surface area (Å²) in [6.07, 6.45) is 0.699. The van der Waals surface area contributed by atoms with Crippen LogP contribution in [-0.2, 0) is 6.42 Å². The molecule has 0 fully saturated rings. The van der Waals surface area contributed by atoms with E-state index in [1.807, 2.05) is 48.5 Å². The molecule has 0 aliphatic rings. The zero-order chi connectivity index (χ0) is 13.0. The number of benzene rings is 2. The highest BCUT2D eigenvalue weighted by Crippen LogP contribution is 2.23. The Labute approximate surface area is 120 Å². The van der Waals surface area contributed by atoms with Gasteiger partial charge in [0.2, 0.25) is 0 Å². The van der Waals surface area contributed by atoms with E-state index in [1.165, 1.54) is 0 Å². The normalized spacial score (nSPS) is 11.8. The summed E-state index contributed by atoms with van der Waals surface area (Å²) in [5.41, 5.74) is 2.11. The molecule has 0 amide bonds. The molecule has 0 spiro atoms. The van der Waals surface area contributed by atoms with E-state index < -0.39 is 0 Å². The zero-order valence-corrected chi connectivity index (χ0v) is 11.9. The molecule has 18 heavy (non-hydrogen) atoms. The van der Waals surface area contributed by atoms with Crippen LogP contribution in [0, 0.1) is 11.3 Å². The van der Waals surface area contributed by atoms with Gasteiger partial charge in [0.15, 0.2) is 0 Å². The molecule has 0 saturated heterocycles. The Kier molecular flexibility index (Phi) is 4.41. The molecule has 90 valence electrons. The first-order chi connectivity index (χ1) is 8.69. The summed E-state index contributed by atoms with van der Waals surface area (Å²) < 4.78 is 1.04. The molecule has 1 nitrogen and oxygen atoms in total. The third-order valence-electron chi connectivity index (χ3n) is 2.76. The van der Waals surface area contributed by atoms with Gasteiger partial charge >= 0.3 is 0 Å². The van der Waals surface area contributed by atoms with Crippen LogP contribution in [0.15, 0.2) is 53.0 Å². The van der Waals surface area contributed by atoms with Crippen LogP contribution in [0.5, 0.6) is 0 Å². The predicted molar refractivity (Wildman–Crippen MR) is 77.7 cm³/mol. The lowest BCUT2D eigenvalue weighted by molar-refractivity contribution is 0.849. The third kappa shape index (κ3) is 3.35. The highest BCUT2D eigenvalue weighted by Gasteiger charge is 2.11. The summed E-state index contributed by atoms with van der Waals surface area (Å²) >= 11 is 9.35. The van der Waals surface area contributed by atoms with Crippen molar-refractivity contribution in [3.8, 4) is 6.07 Å². The largest absolute Gasteiger partial charge is 0.198 e. The van der Waals surface area contributed by atoms with Gasteiger partial charge < -0.3 is 0 Å². The summed E-state index contributed by atoms with van der Waals surface area (Å²) in [6.45, 7) is 0. The lowest BCUT2D eigenvalue weighted by Gasteiger charge is -2.10. The molecular formula is C15H11BrClN. The first kappa shape index (κ1) is 13.1. The molecule has 0 aromatic heterocycles. The SMILES string of the molecule is N#CC(Cc1ccc(Br)cc1)c1cccc(Cl)c1. The van der Waals surface area contributed by atoms with Crippen LogP contribution < -0.4 is 0 Å². The summed E-state index contributed by atoms with van der Waals surface area (Å²) in [4.78, 5) is 0. The molecule has 3 heteroatoms. The molecular weight excluding hydrogens is 310 g/mol. The van der Waals surface area contributed by atoms with Gasteiger partial charge in [-0.3, -0.25) is 0 Å². The molecule has 0 aliphatic carbocycles. The van der Waals surface area contributed by atoms with Crippen molar-refractivity contribution >= 4 is 27.5 Å². The predicted octanol–water partition coefficient (Wildman–Crippen LogP) is 4.95. The average molecular weight is 321 g/mol. The maximum atomic E-state index is 9.28. The maximum Gasteiger partial charge on any atom is 0.0753 e. The molecule has 0 saturated carbocycles. The second-order valence-corrected chi connectivity index (χ2v) is 5.42. The Morgan fingerprint density at radius 2 is 1.89 bits per heavy atom. The highest BCUT2D eigenvalue weighted by molar-refractivity contribution is 9.10. The fourth-order valence-electron chi connectivity index (χ4n) is 1.82.